The summed E-state index contributed by atoms with van der Waals surface area (Å²) < 4.78 is 43.2. The highest BCUT2D eigenvalue weighted by Gasteiger charge is 2.30. The maximum atomic E-state index is 12.7. The Hall–Kier alpha value is -3.03. The summed E-state index contributed by atoms with van der Waals surface area (Å²) in [5, 5.41) is 2.74. The number of carbonyl (C=O) groups excluding carboxylic acids is 2. The van der Waals surface area contributed by atoms with Crippen LogP contribution in [0.15, 0.2) is 42.5 Å². The van der Waals surface area contributed by atoms with Crippen LogP contribution in [0.2, 0.25) is 0 Å². The number of hydrogen-bond acceptors (Lipinski definition) is 3. The number of aryl methyl sites for hydroxylation is 2. The normalized spacial score (nSPS) is 11.1. The Kier molecular flexibility index (Phi) is 6.66. The second-order valence-electron chi connectivity index (χ2n) is 6.43. The van der Waals surface area contributed by atoms with E-state index >= 15 is 0 Å². The van der Waals surface area contributed by atoms with E-state index in [2.05, 4.69) is 5.32 Å². The maximum absolute atomic E-state index is 12.7. The van der Waals surface area contributed by atoms with Gasteiger partial charge in [0.1, 0.15) is 5.75 Å². The molecule has 2 aromatic carbocycles. The lowest BCUT2D eigenvalue weighted by Crippen LogP contribution is -2.37. The van der Waals surface area contributed by atoms with Gasteiger partial charge in [-0.3, -0.25) is 9.59 Å². The van der Waals surface area contributed by atoms with Crippen molar-refractivity contribution in [2.75, 3.05) is 25.5 Å². The Bertz CT molecular complexity index is 866. The molecule has 0 aliphatic heterocycles. The fourth-order valence-corrected chi connectivity index (χ4v) is 2.38. The van der Waals surface area contributed by atoms with Gasteiger partial charge in [0, 0.05) is 12.7 Å². The molecule has 0 aliphatic carbocycles. The number of halogens is 3. The summed E-state index contributed by atoms with van der Waals surface area (Å²) in [6.07, 6.45) is -4.49. The topological polar surface area (TPSA) is 58.6 Å². The molecule has 0 aromatic heterocycles. The lowest BCUT2D eigenvalue weighted by atomic mass is 10.1. The molecular formula is C20H21F3N2O3. The zero-order valence-corrected chi connectivity index (χ0v) is 15.8. The number of ether oxygens (including phenoxy) is 1. The van der Waals surface area contributed by atoms with E-state index in [-0.39, 0.29) is 18.2 Å². The molecule has 0 saturated carbocycles. The predicted molar refractivity (Wildman–Crippen MR) is 99.1 cm³/mol. The van der Waals surface area contributed by atoms with Crippen LogP contribution in [0.25, 0.3) is 0 Å². The minimum atomic E-state index is -4.49. The summed E-state index contributed by atoms with van der Waals surface area (Å²) in [5.74, 6) is -0.992. The fourth-order valence-electron chi connectivity index (χ4n) is 2.38. The predicted octanol–water partition coefficient (Wildman–Crippen LogP) is 3.80. The van der Waals surface area contributed by atoms with Crippen LogP contribution >= 0.6 is 0 Å². The molecule has 28 heavy (non-hydrogen) atoms. The summed E-state index contributed by atoms with van der Waals surface area (Å²) in [6.45, 7) is 3.06. The molecule has 0 aliphatic rings. The van der Waals surface area contributed by atoms with Crippen molar-refractivity contribution >= 4 is 17.5 Å². The van der Waals surface area contributed by atoms with Crippen molar-refractivity contribution in [3.63, 3.8) is 0 Å². The number of nitrogens with zero attached hydrogens (tertiary/aromatic N) is 1. The molecule has 0 radical (unpaired) electrons. The summed E-state index contributed by atoms with van der Waals surface area (Å²) in [4.78, 5) is 25.4. The lowest BCUT2D eigenvalue weighted by Gasteiger charge is -2.18. The van der Waals surface area contributed by atoms with Crippen LogP contribution in [0.1, 0.15) is 16.7 Å². The van der Waals surface area contributed by atoms with Gasteiger partial charge in [0.2, 0.25) is 5.91 Å². The summed E-state index contributed by atoms with van der Waals surface area (Å²) in [7, 11) is 1.42. The molecule has 2 amide bonds. The highest BCUT2D eigenvalue weighted by atomic mass is 19.4. The molecule has 0 atom stereocenters. The van der Waals surface area contributed by atoms with Gasteiger partial charge in [-0.2, -0.15) is 13.2 Å². The highest BCUT2D eigenvalue weighted by molar-refractivity contribution is 5.95. The molecule has 150 valence electrons. The van der Waals surface area contributed by atoms with Crippen molar-refractivity contribution in [3.8, 4) is 5.75 Å². The molecule has 1 N–H and O–H groups in total. The van der Waals surface area contributed by atoms with Gasteiger partial charge in [0.25, 0.3) is 5.91 Å². The molecule has 0 saturated heterocycles. The van der Waals surface area contributed by atoms with E-state index in [1.165, 1.54) is 19.2 Å². The SMILES string of the molecule is Cc1ccc(C)c(NC(=O)CN(C)C(=O)COc2cccc(C(F)(F)F)c2)c1. The third kappa shape index (κ3) is 6.00. The maximum Gasteiger partial charge on any atom is 0.416 e. The third-order valence-electron chi connectivity index (χ3n) is 4.00. The zero-order valence-electron chi connectivity index (χ0n) is 15.8. The minimum absolute atomic E-state index is 0.0728. The van der Waals surface area contributed by atoms with Crippen molar-refractivity contribution in [2.24, 2.45) is 0 Å². The van der Waals surface area contributed by atoms with Crippen molar-refractivity contribution in [2.45, 2.75) is 20.0 Å². The molecule has 0 spiro atoms. The summed E-state index contributed by atoms with van der Waals surface area (Å²) in [6, 6.07) is 9.89. The van der Waals surface area contributed by atoms with Gasteiger partial charge in [-0.1, -0.05) is 18.2 Å². The highest BCUT2D eigenvalue weighted by Crippen LogP contribution is 2.31. The number of carbonyl (C=O) groups is 2. The van der Waals surface area contributed by atoms with Gasteiger partial charge in [-0.15, -0.1) is 0 Å². The van der Waals surface area contributed by atoms with E-state index in [4.69, 9.17) is 4.74 Å². The number of rotatable bonds is 6. The van der Waals surface area contributed by atoms with E-state index in [0.29, 0.717) is 5.69 Å². The first-order chi connectivity index (χ1) is 13.1. The lowest BCUT2D eigenvalue weighted by molar-refractivity contribution is -0.137. The van der Waals surface area contributed by atoms with Crippen LogP contribution in [0.5, 0.6) is 5.75 Å². The Morgan fingerprint density at radius 2 is 1.82 bits per heavy atom. The van der Waals surface area contributed by atoms with Crippen LogP contribution in [0.4, 0.5) is 18.9 Å². The van der Waals surface area contributed by atoms with Gasteiger partial charge in [-0.25, -0.2) is 0 Å². The number of alkyl halides is 3. The van der Waals surface area contributed by atoms with Crippen LogP contribution in [0, 0.1) is 13.8 Å². The Balaban J connectivity index is 1.89. The van der Waals surface area contributed by atoms with Gasteiger partial charge < -0.3 is 15.0 Å². The van der Waals surface area contributed by atoms with Crippen molar-refractivity contribution in [1.29, 1.82) is 0 Å². The van der Waals surface area contributed by atoms with E-state index in [0.717, 1.165) is 28.2 Å². The Morgan fingerprint density at radius 1 is 1.11 bits per heavy atom. The molecule has 0 bridgehead atoms. The number of benzene rings is 2. The quantitative estimate of drug-likeness (QED) is 0.811. The number of amides is 2. The van der Waals surface area contributed by atoms with Gasteiger partial charge >= 0.3 is 6.18 Å². The smallest absolute Gasteiger partial charge is 0.416 e. The summed E-state index contributed by atoms with van der Waals surface area (Å²) >= 11 is 0. The number of anilines is 1. The van der Waals surface area contributed by atoms with E-state index in [1.54, 1.807) is 0 Å². The minimum Gasteiger partial charge on any atom is -0.484 e. The second kappa shape index (κ2) is 8.77. The Morgan fingerprint density at radius 3 is 2.50 bits per heavy atom. The van der Waals surface area contributed by atoms with Gasteiger partial charge in [0.15, 0.2) is 6.61 Å². The first-order valence-corrected chi connectivity index (χ1v) is 8.47. The standard InChI is InChI=1S/C20H21F3N2O3/c1-13-7-8-14(2)17(9-13)24-18(26)11-25(3)19(27)12-28-16-6-4-5-15(10-16)20(21,22)23/h4-10H,11-12H2,1-3H3,(H,24,26). The monoisotopic (exact) mass is 394 g/mol. The van der Waals surface area contributed by atoms with Crippen LogP contribution in [-0.2, 0) is 15.8 Å². The average molecular weight is 394 g/mol. The Labute approximate surface area is 161 Å². The fraction of sp³-hybridized carbons (Fsp3) is 0.300. The average Bonchev–Trinajstić information content (AvgIpc) is 2.62. The first kappa shape index (κ1) is 21.3. The molecule has 0 unspecified atom stereocenters. The molecule has 8 heteroatoms. The van der Waals surface area contributed by atoms with E-state index in [1.807, 2.05) is 32.0 Å². The van der Waals surface area contributed by atoms with Crippen molar-refractivity contribution in [3.05, 3.63) is 59.2 Å². The zero-order chi connectivity index (χ0) is 20.9. The van der Waals surface area contributed by atoms with Gasteiger partial charge in [0.05, 0.1) is 12.1 Å². The number of likely N-dealkylation sites (N-methyl/N-ethyl adjacent to an activating group) is 1. The van der Waals surface area contributed by atoms with Crippen molar-refractivity contribution in [1.82, 2.24) is 4.90 Å². The van der Waals surface area contributed by atoms with Crippen LogP contribution < -0.4 is 10.1 Å². The first-order valence-electron chi connectivity index (χ1n) is 8.47. The molecule has 0 fully saturated rings. The number of nitrogens with one attached hydrogen (secondary N) is 1. The second-order valence-corrected chi connectivity index (χ2v) is 6.43. The largest absolute Gasteiger partial charge is 0.484 e. The van der Waals surface area contributed by atoms with Crippen LogP contribution in [0.3, 0.4) is 0 Å². The van der Waals surface area contributed by atoms with E-state index in [9.17, 15) is 22.8 Å². The summed E-state index contributed by atoms with van der Waals surface area (Å²) in [5.41, 5.74) is 1.67. The molecule has 5 nitrogen and oxygen atoms in total. The third-order valence-corrected chi connectivity index (χ3v) is 4.00. The molecule has 0 heterocycles. The molecule has 2 aromatic rings. The van der Waals surface area contributed by atoms with Crippen molar-refractivity contribution < 1.29 is 27.5 Å². The number of hydrogen-bond donors (Lipinski definition) is 1. The van der Waals surface area contributed by atoms with Gasteiger partial charge in [-0.05, 0) is 49.2 Å². The molecule has 2 rings (SSSR count). The van der Waals surface area contributed by atoms with Crippen LogP contribution in [-0.4, -0.2) is 36.9 Å². The molecular weight excluding hydrogens is 373 g/mol. The van der Waals surface area contributed by atoms with E-state index < -0.39 is 24.3 Å².